The van der Waals surface area contributed by atoms with Crippen molar-refractivity contribution in [2.24, 2.45) is 0 Å². The molecule has 0 aliphatic carbocycles. The molecule has 6 nitrogen and oxygen atoms in total. The number of anilines is 2. The molecule has 3 aromatic carbocycles. The van der Waals surface area contributed by atoms with Gasteiger partial charge in [0.2, 0.25) is 5.91 Å². The van der Waals surface area contributed by atoms with Gasteiger partial charge in [0.05, 0.1) is 12.2 Å². The third-order valence-electron chi connectivity index (χ3n) is 5.60. The van der Waals surface area contributed by atoms with Crippen LogP contribution < -0.4 is 19.7 Å². The number of nitrogens with one attached hydrogen (secondary N) is 1. The second kappa shape index (κ2) is 11.1. The Morgan fingerprint density at radius 2 is 1.86 bits per heavy atom. The van der Waals surface area contributed by atoms with E-state index in [-0.39, 0.29) is 18.4 Å². The van der Waals surface area contributed by atoms with E-state index in [1.807, 2.05) is 12.1 Å². The summed E-state index contributed by atoms with van der Waals surface area (Å²) in [6.07, 6.45) is 3.26. The van der Waals surface area contributed by atoms with Crippen LogP contribution in [0.3, 0.4) is 0 Å². The Labute approximate surface area is 210 Å². The topological polar surface area (TPSA) is 67.9 Å². The Morgan fingerprint density at radius 1 is 1.11 bits per heavy atom. The van der Waals surface area contributed by atoms with E-state index in [4.69, 9.17) is 21.1 Å². The van der Waals surface area contributed by atoms with Crippen molar-refractivity contribution in [3.05, 3.63) is 89.0 Å². The van der Waals surface area contributed by atoms with Crippen molar-refractivity contribution in [1.29, 1.82) is 0 Å². The van der Waals surface area contributed by atoms with Crippen LogP contribution in [-0.2, 0) is 9.59 Å². The highest BCUT2D eigenvalue weighted by molar-refractivity contribution is 6.30. The molecule has 0 fully saturated rings. The summed E-state index contributed by atoms with van der Waals surface area (Å²) in [5, 5.41) is 3.48. The lowest BCUT2D eigenvalue weighted by Crippen LogP contribution is -2.41. The lowest BCUT2D eigenvalue weighted by Gasteiger charge is -2.29. The molecule has 2 amide bonds. The minimum atomic E-state index is -0.265. The summed E-state index contributed by atoms with van der Waals surface area (Å²) in [4.78, 5) is 26.6. The molecule has 35 heavy (non-hydrogen) atoms. The molecule has 0 saturated heterocycles. The van der Waals surface area contributed by atoms with Crippen molar-refractivity contribution >= 4 is 40.9 Å². The van der Waals surface area contributed by atoms with E-state index in [0.29, 0.717) is 47.0 Å². The maximum atomic E-state index is 12.5. The van der Waals surface area contributed by atoms with Crippen LogP contribution in [0.1, 0.15) is 30.9 Å². The smallest absolute Gasteiger partial charge is 0.265 e. The highest BCUT2D eigenvalue weighted by atomic mass is 35.5. The minimum Gasteiger partial charge on any atom is -0.492 e. The highest BCUT2D eigenvalue weighted by Gasteiger charge is 2.26. The van der Waals surface area contributed by atoms with Gasteiger partial charge < -0.3 is 19.7 Å². The van der Waals surface area contributed by atoms with E-state index >= 15 is 0 Å². The molecule has 0 spiro atoms. The van der Waals surface area contributed by atoms with Crippen LogP contribution in [0.2, 0.25) is 5.02 Å². The number of amides is 2. The van der Waals surface area contributed by atoms with Crippen LogP contribution in [-0.4, -0.2) is 31.6 Å². The van der Waals surface area contributed by atoms with Crippen molar-refractivity contribution in [3.8, 4) is 11.5 Å². The van der Waals surface area contributed by atoms with E-state index < -0.39 is 0 Å². The molecule has 0 radical (unpaired) electrons. The largest absolute Gasteiger partial charge is 0.492 e. The van der Waals surface area contributed by atoms with Gasteiger partial charge in [-0.2, -0.15) is 0 Å². The van der Waals surface area contributed by atoms with Gasteiger partial charge in [0.15, 0.2) is 6.61 Å². The zero-order chi connectivity index (χ0) is 24.8. The Hall–Kier alpha value is -3.77. The lowest BCUT2D eigenvalue weighted by molar-refractivity contribution is -0.121. The van der Waals surface area contributed by atoms with Crippen LogP contribution in [0.15, 0.2) is 72.8 Å². The van der Waals surface area contributed by atoms with Crippen molar-refractivity contribution in [2.75, 3.05) is 30.0 Å². The number of hydrogen-bond acceptors (Lipinski definition) is 4. The van der Waals surface area contributed by atoms with Crippen molar-refractivity contribution < 1.29 is 19.1 Å². The number of rotatable bonds is 8. The lowest BCUT2D eigenvalue weighted by atomic mass is 10.0. The Kier molecular flexibility index (Phi) is 7.73. The molecule has 4 rings (SSSR count). The summed E-state index contributed by atoms with van der Waals surface area (Å²) in [7, 11) is 0. The molecule has 1 aliphatic rings. The highest BCUT2D eigenvalue weighted by Crippen LogP contribution is 2.34. The van der Waals surface area contributed by atoms with Crippen molar-refractivity contribution in [1.82, 2.24) is 0 Å². The fourth-order valence-corrected chi connectivity index (χ4v) is 3.78. The van der Waals surface area contributed by atoms with Crippen LogP contribution >= 0.6 is 11.6 Å². The third kappa shape index (κ3) is 6.43. The Morgan fingerprint density at radius 3 is 2.57 bits per heavy atom. The number of carbonyl (C=O) groups excluding carboxylic acids is 2. The SMILES string of the molecule is CC(C)c1ccc(/C=C/C(=O)Nc2ccc3c(c2)N(CCOc2ccc(Cl)cc2)C(=O)CO3)cc1. The van der Waals surface area contributed by atoms with Gasteiger partial charge in [0.25, 0.3) is 5.91 Å². The first-order valence-corrected chi connectivity index (χ1v) is 11.8. The molecule has 180 valence electrons. The summed E-state index contributed by atoms with van der Waals surface area (Å²) in [5.74, 6) is 1.26. The minimum absolute atomic E-state index is 0.0437. The zero-order valence-electron chi connectivity index (χ0n) is 19.7. The summed E-state index contributed by atoms with van der Waals surface area (Å²) < 4.78 is 11.3. The number of hydrogen-bond donors (Lipinski definition) is 1. The van der Waals surface area contributed by atoms with E-state index in [0.717, 1.165) is 5.56 Å². The van der Waals surface area contributed by atoms with Gasteiger partial charge in [-0.3, -0.25) is 9.59 Å². The first-order chi connectivity index (χ1) is 16.9. The van der Waals surface area contributed by atoms with Crippen LogP contribution in [0, 0.1) is 0 Å². The zero-order valence-corrected chi connectivity index (χ0v) is 20.4. The summed E-state index contributed by atoms with van der Waals surface area (Å²) in [6.45, 7) is 4.87. The van der Waals surface area contributed by atoms with Gasteiger partial charge in [-0.15, -0.1) is 0 Å². The van der Waals surface area contributed by atoms with Crippen LogP contribution in [0.5, 0.6) is 11.5 Å². The third-order valence-corrected chi connectivity index (χ3v) is 5.85. The molecule has 7 heteroatoms. The predicted molar refractivity (Wildman–Crippen MR) is 139 cm³/mol. The van der Waals surface area contributed by atoms with Gasteiger partial charge in [0.1, 0.15) is 18.1 Å². The van der Waals surface area contributed by atoms with Gasteiger partial charge in [-0.25, -0.2) is 0 Å². The molecule has 0 atom stereocenters. The normalized spacial score (nSPS) is 13.0. The fourth-order valence-electron chi connectivity index (χ4n) is 3.66. The molecular weight excluding hydrogens is 464 g/mol. The summed E-state index contributed by atoms with van der Waals surface area (Å²) in [6, 6.07) is 20.4. The molecular formula is C28H27ClN2O4. The van der Waals surface area contributed by atoms with E-state index in [1.54, 1.807) is 53.4 Å². The number of ether oxygens (including phenoxy) is 2. The van der Waals surface area contributed by atoms with Crippen LogP contribution in [0.25, 0.3) is 6.08 Å². The first kappa shape index (κ1) is 24.4. The summed E-state index contributed by atoms with van der Waals surface area (Å²) >= 11 is 5.90. The molecule has 1 N–H and O–H groups in total. The summed E-state index contributed by atoms with van der Waals surface area (Å²) in [5.41, 5.74) is 3.35. The van der Waals surface area contributed by atoms with Gasteiger partial charge in [-0.1, -0.05) is 49.7 Å². The predicted octanol–water partition coefficient (Wildman–Crippen LogP) is 5.92. The Bertz CT molecular complexity index is 1220. The standard InChI is InChI=1S/C28H27ClN2O4/c1-19(2)21-6-3-20(4-7-21)5-14-27(32)30-23-10-13-26-25(17-23)31(28(33)18-35-26)15-16-34-24-11-8-22(29)9-12-24/h3-14,17,19H,15-16,18H2,1-2H3,(H,30,32)/b14-5+. The second-order valence-corrected chi connectivity index (χ2v) is 8.90. The average molecular weight is 491 g/mol. The number of benzene rings is 3. The second-order valence-electron chi connectivity index (χ2n) is 8.46. The van der Waals surface area contributed by atoms with Gasteiger partial charge in [0, 0.05) is 16.8 Å². The number of halogens is 1. The number of nitrogens with zero attached hydrogens (tertiary/aromatic N) is 1. The molecule has 1 heterocycles. The van der Waals surface area contributed by atoms with E-state index in [9.17, 15) is 9.59 Å². The maximum Gasteiger partial charge on any atom is 0.265 e. The molecule has 0 aromatic heterocycles. The molecule has 1 aliphatic heterocycles. The average Bonchev–Trinajstić information content (AvgIpc) is 2.85. The van der Waals surface area contributed by atoms with E-state index in [1.165, 1.54) is 11.6 Å². The monoisotopic (exact) mass is 490 g/mol. The maximum absolute atomic E-state index is 12.5. The molecule has 0 saturated carbocycles. The molecule has 3 aromatic rings. The number of fused-ring (bicyclic) bond motifs is 1. The van der Waals surface area contributed by atoms with Gasteiger partial charge in [-0.05, 0) is 65.6 Å². The van der Waals surface area contributed by atoms with Crippen molar-refractivity contribution in [3.63, 3.8) is 0 Å². The van der Waals surface area contributed by atoms with Crippen LogP contribution in [0.4, 0.5) is 11.4 Å². The Balaban J connectivity index is 1.40. The first-order valence-electron chi connectivity index (χ1n) is 11.4. The fraction of sp³-hybridized carbons (Fsp3) is 0.214. The molecule has 0 bridgehead atoms. The van der Waals surface area contributed by atoms with Crippen molar-refractivity contribution in [2.45, 2.75) is 19.8 Å². The quantitative estimate of drug-likeness (QED) is 0.398. The van der Waals surface area contributed by atoms with Gasteiger partial charge >= 0.3 is 0 Å². The number of carbonyl (C=O) groups is 2. The van der Waals surface area contributed by atoms with E-state index in [2.05, 4.69) is 31.3 Å². The molecule has 0 unspecified atom stereocenters.